The van der Waals surface area contributed by atoms with Crippen LogP contribution in [0.3, 0.4) is 0 Å². The minimum atomic E-state index is -0.841. The Kier molecular flexibility index (Phi) is 6.29. The van der Waals surface area contributed by atoms with E-state index in [-0.39, 0.29) is 11.4 Å². The van der Waals surface area contributed by atoms with Gasteiger partial charge in [0.2, 0.25) is 5.91 Å². The van der Waals surface area contributed by atoms with Gasteiger partial charge in [-0.2, -0.15) is 0 Å². The molecule has 0 radical (unpaired) electrons. The SMILES string of the molecule is O=C(CSc1nnc(-c2ccccc2Cl)n1-c1ccccc1)Nc1ccc(F)cc1F. The highest BCUT2D eigenvalue weighted by molar-refractivity contribution is 7.99. The molecule has 0 bridgehead atoms. The van der Waals surface area contributed by atoms with E-state index in [9.17, 15) is 13.6 Å². The number of para-hydroxylation sites is 1. The zero-order valence-corrected chi connectivity index (χ0v) is 17.5. The Morgan fingerprint density at radius 3 is 2.48 bits per heavy atom. The predicted octanol–water partition coefficient (Wildman–Crippen LogP) is 5.60. The Balaban J connectivity index is 1.60. The first-order valence-electron chi connectivity index (χ1n) is 9.16. The average molecular weight is 457 g/mol. The van der Waals surface area contributed by atoms with Crippen LogP contribution in [0.2, 0.25) is 5.02 Å². The van der Waals surface area contributed by atoms with E-state index in [0.29, 0.717) is 27.6 Å². The van der Waals surface area contributed by atoms with Gasteiger partial charge in [0.25, 0.3) is 0 Å². The van der Waals surface area contributed by atoms with Gasteiger partial charge in [-0.1, -0.05) is 53.7 Å². The van der Waals surface area contributed by atoms with E-state index in [0.717, 1.165) is 23.5 Å². The van der Waals surface area contributed by atoms with Crippen molar-refractivity contribution < 1.29 is 13.6 Å². The zero-order valence-electron chi connectivity index (χ0n) is 15.9. The van der Waals surface area contributed by atoms with Gasteiger partial charge in [-0.05, 0) is 36.4 Å². The maximum Gasteiger partial charge on any atom is 0.234 e. The summed E-state index contributed by atoms with van der Waals surface area (Å²) < 4.78 is 28.6. The molecule has 1 amide bonds. The molecule has 0 saturated carbocycles. The van der Waals surface area contributed by atoms with Crippen molar-refractivity contribution in [1.29, 1.82) is 0 Å². The summed E-state index contributed by atoms with van der Waals surface area (Å²) >= 11 is 7.49. The lowest BCUT2D eigenvalue weighted by atomic mass is 10.2. The minimum absolute atomic E-state index is 0.0513. The summed E-state index contributed by atoms with van der Waals surface area (Å²) in [4.78, 5) is 12.3. The largest absolute Gasteiger partial charge is 0.323 e. The molecule has 0 saturated heterocycles. The molecule has 1 N–H and O–H groups in total. The summed E-state index contributed by atoms with van der Waals surface area (Å²) in [5.74, 6) is -1.54. The highest BCUT2D eigenvalue weighted by Gasteiger charge is 2.19. The van der Waals surface area contributed by atoms with Crippen molar-refractivity contribution in [2.75, 3.05) is 11.1 Å². The topological polar surface area (TPSA) is 59.8 Å². The van der Waals surface area contributed by atoms with Crippen LogP contribution in [-0.2, 0) is 4.79 Å². The van der Waals surface area contributed by atoms with Crippen LogP contribution in [0.5, 0.6) is 0 Å². The van der Waals surface area contributed by atoms with E-state index in [2.05, 4.69) is 15.5 Å². The van der Waals surface area contributed by atoms with Crippen molar-refractivity contribution in [3.63, 3.8) is 0 Å². The number of aromatic nitrogens is 3. The maximum absolute atomic E-state index is 13.8. The standard InChI is InChI=1S/C22H15ClF2N4OS/c23-17-9-5-4-8-16(17)21-27-28-22(29(21)15-6-2-1-3-7-15)31-13-20(30)26-19-11-10-14(24)12-18(19)25/h1-12H,13H2,(H,26,30). The number of carbonyl (C=O) groups excluding carboxylic acids is 1. The van der Waals surface area contributed by atoms with Crippen molar-refractivity contribution in [3.8, 4) is 17.1 Å². The fourth-order valence-corrected chi connectivity index (χ4v) is 3.87. The number of nitrogens with zero attached hydrogens (tertiary/aromatic N) is 3. The van der Waals surface area contributed by atoms with Crippen LogP contribution in [0.4, 0.5) is 14.5 Å². The zero-order chi connectivity index (χ0) is 21.8. The summed E-state index contributed by atoms with van der Waals surface area (Å²) in [5, 5.41) is 11.9. The Bertz CT molecular complexity index is 1230. The van der Waals surface area contributed by atoms with Gasteiger partial charge in [0, 0.05) is 17.3 Å². The van der Waals surface area contributed by atoms with Crippen molar-refractivity contribution in [3.05, 3.63) is 89.5 Å². The molecule has 0 aliphatic heterocycles. The van der Waals surface area contributed by atoms with E-state index in [1.54, 1.807) is 10.6 Å². The van der Waals surface area contributed by atoms with Gasteiger partial charge in [0.05, 0.1) is 16.5 Å². The molecule has 0 unspecified atom stereocenters. The van der Waals surface area contributed by atoms with E-state index in [1.165, 1.54) is 6.07 Å². The van der Waals surface area contributed by atoms with Crippen molar-refractivity contribution in [2.24, 2.45) is 0 Å². The average Bonchev–Trinajstić information content (AvgIpc) is 3.19. The molecule has 0 spiro atoms. The number of amides is 1. The first-order chi connectivity index (χ1) is 15.0. The molecule has 0 aliphatic rings. The Morgan fingerprint density at radius 1 is 1.00 bits per heavy atom. The first-order valence-corrected chi connectivity index (χ1v) is 10.5. The summed E-state index contributed by atoms with van der Waals surface area (Å²) in [6.45, 7) is 0. The number of benzene rings is 3. The molecular weight excluding hydrogens is 442 g/mol. The van der Waals surface area contributed by atoms with Crippen molar-refractivity contribution >= 4 is 35.0 Å². The van der Waals surface area contributed by atoms with E-state index in [4.69, 9.17) is 11.6 Å². The second-order valence-electron chi connectivity index (χ2n) is 6.42. The summed E-state index contributed by atoms with van der Waals surface area (Å²) in [7, 11) is 0. The molecule has 1 heterocycles. The third-order valence-electron chi connectivity index (χ3n) is 4.30. The molecule has 5 nitrogen and oxygen atoms in total. The molecule has 0 fully saturated rings. The molecule has 4 aromatic rings. The summed E-state index contributed by atoms with van der Waals surface area (Å²) in [5.41, 5.74) is 1.41. The molecule has 156 valence electrons. The van der Waals surface area contributed by atoms with Gasteiger partial charge in [-0.3, -0.25) is 9.36 Å². The lowest BCUT2D eigenvalue weighted by Gasteiger charge is -2.11. The monoisotopic (exact) mass is 456 g/mol. The molecule has 3 aromatic carbocycles. The number of halogens is 3. The van der Waals surface area contributed by atoms with Gasteiger partial charge >= 0.3 is 0 Å². The summed E-state index contributed by atoms with van der Waals surface area (Å²) in [6.07, 6.45) is 0. The lowest BCUT2D eigenvalue weighted by Crippen LogP contribution is -2.15. The number of anilines is 1. The van der Waals surface area contributed by atoms with Crippen molar-refractivity contribution in [2.45, 2.75) is 5.16 Å². The number of hydrogen-bond donors (Lipinski definition) is 1. The molecule has 9 heteroatoms. The number of carbonyl (C=O) groups is 1. The summed E-state index contributed by atoms with van der Waals surface area (Å²) in [6, 6.07) is 19.7. The van der Waals surface area contributed by atoms with Crippen LogP contribution < -0.4 is 5.32 Å². The first kappa shape index (κ1) is 21.0. The highest BCUT2D eigenvalue weighted by Crippen LogP contribution is 2.31. The Labute approximate surface area is 186 Å². The smallest absolute Gasteiger partial charge is 0.234 e. The predicted molar refractivity (Wildman–Crippen MR) is 118 cm³/mol. The van der Waals surface area contributed by atoms with Crippen LogP contribution >= 0.6 is 23.4 Å². The van der Waals surface area contributed by atoms with Crippen LogP contribution in [-0.4, -0.2) is 26.4 Å². The third kappa shape index (κ3) is 4.76. The van der Waals surface area contributed by atoms with Crippen LogP contribution in [0, 0.1) is 11.6 Å². The third-order valence-corrected chi connectivity index (χ3v) is 5.56. The maximum atomic E-state index is 13.8. The van der Waals surface area contributed by atoms with Gasteiger partial charge in [-0.15, -0.1) is 10.2 Å². The molecule has 0 atom stereocenters. The van der Waals surface area contributed by atoms with Crippen molar-refractivity contribution in [1.82, 2.24) is 14.8 Å². The molecule has 1 aromatic heterocycles. The Hall–Kier alpha value is -3.23. The van der Waals surface area contributed by atoms with Crippen LogP contribution in [0.1, 0.15) is 0 Å². The lowest BCUT2D eigenvalue weighted by molar-refractivity contribution is -0.113. The normalized spacial score (nSPS) is 10.8. The van der Waals surface area contributed by atoms with Gasteiger partial charge in [-0.25, -0.2) is 8.78 Å². The number of nitrogens with one attached hydrogen (secondary N) is 1. The minimum Gasteiger partial charge on any atom is -0.323 e. The van der Waals surface area contributed by atoms with Crippen LogP contribution in [0.25, 0.3) is 17.1 Å². The van der Waals surface area contributed by atoms with Gasteiger partial charge < -0.3 is 5.32 Å². The second-order valence-corrected chi connectivity index (χ2v) is 7.77. The van der Waals surface area contributed by atoms with E-state index >= 15 is 0 Å². The number of rotatable bonds is 6. The van der Waals surface area contributed by atoms with Gasteiger partial charge in [0.1, 0.15) is 11.6 Å². The number of thioether (sulfide) groups is 1. The molecule has 0 aliphatic carbocycles. The highest BCUT2D eigenvalue weighted by atomic mass is 35.5. The van der Waals surface area contributed by atoms with E-state index < -0.39 is 17.5 Å². The molecular formula is C22H15ClF2N4OS. The second kappa shape index (κ2) is 9.28. The fourth-order valence-electron chi connectivity index (χ4n) is 2.90. The quantitative estimate of drug-likeness (QED) is 0.384. The van der Waals surface area contributed by atoms with Gasteiger partial charge in [0.15, 0.2) is 11.0 Å². The Morgan fingerprint density at radius 2 is 1.74 bits per heavy atom. The van der Waals surface area contributed by atoms with E-state index in [1.807, 2.05) is 48.5 Å². The fraction of sp³-hybridized carbons (Fsp3) is 0.0455. The van der Waals surface area contributed by atoms with Crippen LogP contribution in [0.15, 0.2) is 78.0 Å². The molecule has 4 rings (SSSR count). The molecule has 31 heavy (non-hydrogen) atoms. The number of hydrogen-bond acceptors (Lipinski definition) is 4.